The molecule has 2 heterocycles. The number of hydrogen-bond donors (Lipinski definition) is 2. The maximum Gasteiger partial charge on any atom is 0.410 e. The fourth-order valence-electron chi connectivity index (χ4n) is 3.03. The molecule has 6 heteroatoms. The van der Waals surface area contributed by atoms with Gasteiger partial charge in [-0.15, -0.1) is 0 Å². The van der Waals surface area contributed by atoms with Gasteiger partial charge in [0.2, 0.25) is 0 Å². The number of nitrogens with one attached hydrogen (secondary N) is 2. The number of imidazole rings is 1. The Morgan fingerprint density at radius 1 is 1.48 bits per heavy atom. The van der Waals surface area contributed by atoms with Gasteiger partial charge in [0.15, 0.2) is 0 Å². The molecule has 1 aromatic heterocycles. The zero-order valence-corrected chi connectivity index (χ0v) is 14.9. The van der Waals surface area contributed by atoms with Gasteiger partial charge in [0, 0.05) is 31.5 Å². The summed E-state index contributed by atoms with van der Waals surface area (Å²) in [6, 6.07) is 0.470. The largest absolute Gasteiger partial charge is 0.444 e. The molecule has 0 bridgehead atoms. The quantitative estimate of drug-likeness (QED) is 0.893. The molecule has 3 atom stereocenters. The van der Waals surface area contributed by atoms with Gasteiger partial charge < -0.3 is 19.9 Å². The minimum atomic E-state index is -0.443. The van der Waals surface area contributed by atoms with Crippen LogP contribution in [0.2, 0.25) is 0 Å². The number of carbonyl (C=O) groups excluding carboxylic acids is 1. The van der Waals surface area contributed by atoms with Crippen LogP contribution in [-0.4, -0.2) is 45.7 Å². The van der Waals surface area contributed by atoms with Crippen LogP contribution >= 0.6 is 0 Å². The van der Waals surface area contributed by atoms with Crippen LogP contribution < -0.4 is 5.32 Å². The van der Waals surface area contributed by atoms with Crippen LogP contribution in [0.1, 0.15) is 59.3 Å². The Morgan fingerprint density at radius 2 is 2.22 bits per heavy atom. The maximum atomic E-state index is 12.3. The zero-order chi connectivity index (χ0) is 17.0. The Labute approximate surface area is 139 Å². The number of rotatable bonds is 4. The highest BCUT2D eigenvalue weighted by atomic mass is 16.6. The number of amides is 1. The number of piperidine rings is 1. The van der Waals surface area contributed by atoms with E-state index >= 15 is 0 Å². The molecule has 1 amide bonds. The van der Waals surface area contributed by atoms with E-state index in [1.54, 1.807) is 6.20 Å². The zero-order valence-electron chi connectivity index (χ0n) is 14.9. The monoisotopic (exact) mass is 322 g/mol. The molecule has 0 aliphatic carbocycles. The van der Waals surface area contributed by atoms with Gasteiger partial charge in [0.05, 0.1) is 6.04 Å². The number of aromatic amines is 1. The fourth-order valence-corrected chi connectivity index (χ4v) is 3.03. The Balaban J connectivity index is 1.88. The normalized spacial score (nSPS) is 21.8. The lowest BCUT2D eigenvalue weighted by molar-refractivity contribution is 0.0146. The lowest BCUT2D eigenvalue weighted by atomic mass is 9.91. The minimum Gasteiger partial charge on any atom is -0.444 e. The van der Waals surface area contributed by atoms with E-state index in [0.29, 0.717) is 12.0 Å². The lowest BCUT2D eigenvalue weighted by Gasteiger charge is -2.37. The molecule has 23 heavy (non-hydrogen) atoms. The first-order valence-corrected chi connectivity index (χ1v) is 8.49. The van der Waals surface area contributed by atoms with Crippen LogP contribution in [0.5, 0.6) is 0 Å². The number of H-pyrrole nitrogens is 1. The number of aromatic nitrogens is 2. The first-order valence-electron chi connectivity index (χ1n) is 8.49. The molecule has 1 saturated heterocycles. The molecule has 3 unspecified atom stereocenters. The second-order valence-corrected chi connectivity index (χ2v) is 7.48. The van der Waals surface area contributed by atoms with E-state index in [-0.39, 0.29) is 12.1 Å². The van der Waals surface area contributed by atoms with Crippen molar-refractivity contribution < 1.29 is 9.53 Å². The van der Waals surface area contributed by atoms with Gasteiger partial charge in [0.1, 0.15) is 11.4 Å². The number of hydrogen-bond acceptors (Lipinski definition) is 4. The van der Waals surface area contributed by atoms with Crippen molar-refractivity contribution in [3.8, 4) is 0 Å². The highest BCUT2D eigenvalue weighted by Crippen LogP contribution is 2.23. The molecule has 1 aliphatic rings. The molecule has 2 N–H and O–H groups in total. The molecule has 0 saturated carbocycles. The Hall–Kier alpha value is -1.56. The smallest absolute Gasteiger partial charge is 0.410 e. The van der Waals surface area contributed by atoms with Crippen LogP contribution in [0.4, 0.5) is 4.79 Å². The summed E-state index contributed by atoms with van der Waals surface area (Å²) in [5.41, 5.74) is -0.443. The van der Waals surface area contributed by atoms with Crippen molar-refractivity contribution in [3.05, 3.63) is 18.2 Å². The third kappa shape index (κ3) is 5.23. The Morgan fingerprint density at radius 3 is 2.83 bits per heavy atom. The molecule has 0 aromatic carbocycles. The van der Waals surface area contributed by atoms with Gasteiger partial charge in [-0.3, -0.25) is 0 Å². The predicted molar refractivity (Wildman–Crippen MR) is 90.1 cm³/mol. The SMILES string of the molecule is CC(NC(C)C1CCCN(C(=O)OC(C)(C)C)C1)c1ncc[nH]1. The number of likely N-dealkylation sites (tertiary alicyclic amines) is 1. The molecular weight excluding hydrogens is 292 g/mol. The van der Waals surface area contributed by atoms with E-state index in [2.05, 4.69) is 29.1 Å². The van der Waals surface area contributed by atoms with Crippen molar-refractivity contribution in [3.63, 3.8) is 0 Å². The summed E-state index contributed by atoms with van der Waals surface area (Å²) in [5, 5.41) is 3.59. The van der Waals surface area contributed by atoms with Gasteiger partial charge in [-0.25, -0.2) is 9.78 Å². The van der Waals surface area contributed by atoms with Crippen molar-refractivity contribution in [1.29, 1.82) is 0 Å². The summed E-state index contributed by atoms with van der Waals surface area (Å²) in [5.74, 6) is 1.37. The predicted octanol–water partition coefficient (Wildman–Crippen LogP) is 3.10. The van der Waals surface area contributed by atoms with Gasteiger partial charge >= 0.3 is 6.09 Å². The average Bonchev–Trinajstić information content (AvgIpc) is 3.00. The highest BCUT2D eigenvalue weighted by molar-refractivity contribution is 5.68. The summed E-state index contributed by atoms with van der Waals surface area (Å²) in [4.78, 5) is 21.5. The van der Waals surface area contributed by atoms with Crippen molar-refractivity contribution in [2.24, 2.45) is 5.92 Å². The molecule has 2 rings (SSSR count). The molecule has 0 spiro atoms. The topological polar surface area (TPSA) is 70.2 Å². The van der Waals surface area contributed by atoms with Gasteiger partial charge in [-0.05, 0) is 53.4 Å². The summed E-state index contributed by atoms with van der Waals surface area (Å²) in [6.45, 7) is 11.5. The molecule has 0 radical (unpaired) electrons. The van der Waals surface area contributed by atoms with E-state index in [9.17, 15) is 4.79 Å². The molecular formula is C17H30N4O2. The summed E-state index contributed by atoms with van der Waals surface area (Å²) in [7, 11) is 0. The standard InChI is InChI=1S/C17H30N4O2/c1-12(20-13(2)15-18-8-9-19-15)14-7-6-10-21(11-14)16(22)23-17(3,4)5/h8-9,12-14,20H,6-7,10-11H2,1-5H3,(H,18,19). The van der Waals surface area contributed by atoms with Crippen molar-refractivity contribution >= 4 is 6.09 Å². The number of ether oxygens (including phenoxy) is 1. The van der Waals surface area contributed by atoms with Gasteiger partial charge in [-0.1, -0.05) is 0 Å². The lowest BCUT2D eigenvalue weighted by Crippen LogP contribution is -2.48. The summed E-state index contributed by atoms with van der Waals surface area (Å²) >= 11 is 0. The summed E-state index contributed by atoms with van der Waals surface area (Å²) in [6.07, 6.45) is 5.55. The molecule has 1 aromatic rings. The highest BCUT2D eigenvalue weighted by Gasteiger charge is 2.30. The first kappa shape index (κ1) is 17.8. The molecule has 130 valence electrons. The Bertz CT molecular complexity index is 495. The Kier molecular flexibility index (Phi) is 5.68. The van der Waals surface area contributed by atoms with Crippen LogP contribution in [0.25, 0.3) is 0 Å². The van der Waals surface area contributed by atoms with E-state index in [1.165, 1.54) is 0 Å². The first-order chi connectivity index (χ1) is 10.8. The van der Waals surface area contributed by atoms with Crippen molar-refractivity contribution in [2.75, 3.05) is 13.1 Å². The van der Waals surface area contributed by atoms with Crippen molar-refractivity contribution in [2.45, 2.75) is 65.1 Å². The van der Waals surface area contributed by atoms with Crippen LogP contribution in [0.3, 0.4) is 0 Å². The number of carbonyl (C=O) groups is 1. The molecule has 6 nitrogen and oxygen atoms in total. The van der Waals surface area contributed by atoms with Crippen LogP contribution in [-0.2, 0) is 4.74 Å². The maximum absolute atomic E-state index is 12.3. The second kappa shape index (κ2) is 7.34. The van der Waals surface area contributed by atoms with E-state index in [1.807, 2.05) is 31.9 Å². The third-order valence-electron chi connectivity index (χ3n) is 4.26. The van der Waals surface area contributed by atoms with Crippen molar-refractivity contribution in [1.82, 2.24) is 20.2 Å². The van der Waals surface area contributed by atoms with E-state index in [0.717, 1.165) is 31.8 Å². The summed E-state index contributed by atoms with van der Waals surface area (Å²) < 4.78 is 5.50. The number of nitrogens with zero attached hydrogens (tertiary/aromatic N) is 2. The van der Waals surface area contributed by atoms with E-state index in [4.69, 9.17) is 4.74 Å². The average molecular weight is 322 g/mol. The minimum absolute atomic E-state index is 0.164. The second-order valence-electron chi connectivity index (χ2n) is 7.48. The van der Waals surface area contributed by atoms with E-state index < -0.39 is 5.60 Å². The molecule has 1 aliphatic heterocycles. The van der Waals surface area contributed by atoms with Crippen LogP contribution in [0.15, 0.2) is 12.4 Å². The van der Waals surface area contributed by atoms with Gasteiger partial charge in [-0.2, -0.15) is 0 Å². The molecule has 1 fully saturated rings. The third-order valence-corrected chi connectivity index (χ3v) is 4.26. The fraction of sp³-hybridized carbons (Fsp3) is 0.765. The van der Waals surface area contributed by atoms with Gasteiger partial charge in [0.25, 0.3) is 0 Å². The van der Waals surface area contributed by atoms with Crippen LogP contribution in [0, 0.1) is 5.92 Å².